The van der Waals surface area contributed by atoms with Crippen LogP contribution in [0.2, 0.25) is 0 Å². The predicted molar refractivity (Wildman–Crippen MR) is 46.3 cm³/mol. The van der Waals surface area contributed by atoms with Gasteiger partial charge in [0.2, 0.25) is 0 Å². The smallest absolute Gasteiger partial charge is 0.322 e. The Morgan fingerprint density at radius 3 is 2.83 bits per heavy atom. The molecular formula is C7H17N3O2. The normalized spacial score (nSPS) is 14.4. The maximum Gasteiger partial charge on any atom is 0.322 e. The zero-order valence-corrected chi connectivity index (χ0v) is 7.07. The highest BCUT2D eigenvalue weighted by atomic mass is 16.4. The Labute approximate surface area is 73.7 Å². The fourth-order valence-corrected chi connectivity index (χ4v) is 0.913. The zero-order chi connectivity index (χ0) is 10.3. The summed E-state index contributed by atoms with van der Waals surface area (Å²) in [6, 6.07) is -0.760. The Bertz CT molecular complexity index is 157. The number of hydrogen-bond donors (Lipinski definition) is 3. The van der Waals surface area contributed by atoms with Crippen molar-refractivity contribution in [3.8, 4) is 0 Å². The van der Waals surface area contributed by atoms with Gasteiger partial charge < -0.3 is 10.8 Å². The summed E-state index contributed by atoms with van der Waals surface area (Å²) in [6.45, 7) is 0.553. The van der Waals surface area contributed by atoms with E-state index in [2.05, 4.69) is 0 Å². The van der Waals surface area contributed by atoms with Crippen molar-refractivity contribution in [1.82, 2.24) is 5.01 Å². The number of nitrogens with two attached hydrogens (primary N) is 2. The monoisotopic (exact) mass is 176 g/mol. The van der Waals surface area contributed by atoms with Gasteiger partial charge in [0.05, 0.1) is 0 Å². The number of likely N-dealkylation sites (N-methyl/N-ethyl adjacent to an activating group) is 1. The Hall–Kier alpha value is -0.650. The van der Waals surface area contributed by atoms with Crippen molar-refractivity contribution in [2.24, 2.45) is 11.6 Å². The van der Waals surface area contributed by atoms with Gasteiger partial charge in [-0.3, -0.25) is 10.6 Å². The van der Waals surface area contributed by atoms with Gasteiger partial charge >= 0.3 is 5.97 Å². The molecule has 0 aromatic rings. The topological polar surface area (TPSA) is 92.6 Å². The van der Waals surface area contributed by atoms with Crippen molar-refractivity contribution in [3.63, 3.8) is 0 Å². The Balaban J connectivity index is 3.88. The minimum atomic E-state index is -0.980. The van der Waals surface area contributed by atoms with Crippen molar-refractivity contribution >= 4 is 5.97 Å². The number of carboxylic acid groups (broad SMARTS) is 1. The first kappa shape index (κ1) is 9.44. The molecule has 72 valence electrons. The first-order chi connectivity index (χ1) is 6.13. The molecule has 1 atom stereocenters. The molecule has 12 heavy (non-hydrogen) atoms. The van der Waals surface area contributed by atoms with Crippen LogP contribution in [-0.2, 0) is 4.79 Å². The lowest BCUT2D eigenvalue weighted by molar-refractivity contribution is -0.143. The molecule has 0 aromatic carbocycles. The third kappa shape index (κ3) is 4.27. The molecule has 0 radical (unpaired) electrons. The van der Waals surface area contributed by atoms with Crippen molar-refractivity contribution in [2.75, 3.05) is 13.6 Å². The van der Waals surface area contributed by atoms with E-state index in [1.807, 2.05) is 0 Å². The highest BCUT2D eigenvalue weighted by Crippen LogP contribution is 2.03. The number of hydrazine groups is 1. The molecule has 0 heterocycles. The molecule has 5 nitrogen and oxygen atoms in total. The molecule has 0 fully saturated rings. The lowest BCUT2D eigenvalue weighted by Gasteiger charge is -2.18. The van der Waals surface area contributed by atoms with Crippen molar-refractivity contribution in [2.45, 2.75) is 25.3 Å². The third-order valence-electron chi connectivity index (χ3n) is 1.62. The molecule has 0 aromatic heterocycles. The first-order valence-corrected chi connectivity index (χ1v) is 3.87. The standard InChI is InChI=1S/C7H17N3O2/c1-10(9)6(7(11)12)4-2-3-5-8/h6H,2-5,8-9H2,1H3,(H,11,12)/t6-/m0/s1/i1D. The molecular weight excluding hydrogens is 158 g/mol. The molecule has 0 saturated carbocycles. The van der Waals surface area contributed by atoms with Gasteiger partial charge in [0.15, 0.2) is 0 Å². The van der Waals surface area contributed by atoms with Gasteiger partial charge in [-0.25, -0.2) is 5.01 Å². The molecule has 0 bridgehead atoms. The fraction of sp³-hybridized carbons (Fsp3) is 0.857. The first-order valence-electron chi connectivity index (χ1n) is 4.57. The highest BCUT2D eigenvalue weighted by molar-refractivity contribution is 5.73. The van der Waals surface area contributed by atoms with Crippen molar-refractivity contribution in [1.29, 1.82) is 0 Å². The van der Waals surface area contributed by atoms with Crippen molar-refractivity contribution < 1.29 is 11.3 Å². The van der Waals surface area contributed by atoms with Crippen LogP contribution in [0.1, 0.15) is 20.6 Å². The van der Waals surface area contributed by atoms with Gasteiger partial charge in [-0.15, -0.1) is 0 Å². The van der Waals surface area contributed by atoms with Gasteiger partial charge in [0.25, 0.3) is 0 Å². The highest BCUT2D eigenvalue weighted by Gasteiger charge is 2.18. The van der Waals surface area contributed by atoms with E-state index in [1.54, 1.807) is 0 Å². The van der Waals surface area contributed by atoms with Crippen LogP contribution in [0.25, 0.3) is 0 Å². The van der Waals surface area contributed by atoms with Crippen LogP contribution in [0.4, 0.5) is 0 Å². The maximum atomic E-state index is 10.7. The predicted octanol–water partition coefficient (Wildman–Crippen LogP) is -0.626. The average Bonchev–Trinajstić information content (AvgIpc) is 2.11. The molecule has 0 spiro atoms. The summed E-state index contributed by atoms with van der Waals surface area (Å²) < 4.78 is 6.93. The Morgan fingerprint density at radius 2 is 2.42 bits per heavy atom. The van der Waals surface area contributed by atoms with E-state index < -0.39 is 12.0 Å². The second-order valence-corrected chi connectivity index (χ2v) is 2.65. The van der Waals surface area contributed by atoms with Crippen LogP contribution in [0.15, 0.2) is 0 Å². The average molecular weight is 176 g/mol. The lowest BCUT2D eigenvalue weighted by Crippen LogP contribution is -2.43. The van der Waals surface area contributed by atoms with E-state index in [0.717, 1.165) is 17.9 Å². The minimum absolute atomic E-state index is 0.209. The summed E-state index contributed by atoms with van der Waals surface area (Å²) in [7, 11) is -0.209. The largest absolute Gasteiger partial charge is 0.480 e. The van der Waals surface area contributed by atoms with Gasteiger partial charge in [-0.1, -0.05) is 0 Å². The number of rotatable bonds is 6. The van der Waals surface area contributed by atoms with Crippen LogP contribution in [-0.4, -0.2) is 35.7 Å². The van der Waals surface area contributed by atoms with Crippen LogP contribution in [0.3, 0.4) is 0 Å². The Kier molecular flexibility index (Phi) is 4.67. The second-order valence-electron chi connectivity index (χ2n) is 2.65. The second kappa shape index (κ2) is 5.93. The summed E-state index contributed by atoms with van der Waals surface area (Å²) >= 11 is 0. The molecule has 0 rings (SSSR count). The van der Waals surface area contributed by atoms with E-state index in [0.29, 0.717) is 13.0 Å². The van der Waals surface area contributed by atoms with Crippen molar-refractivity contribution in [3.05, 3.63) is 0 Å². The van der Waals surface area contributed by atoms with Gasteiger partial charge in [-0.05, 0) is 25.8 Å². The molecule has 5 heteroatoms. The number of aliphatic carboxylic acids is 1. The number of unbranched alkanes of at least 4 members (excludes halogenated alkanes) is 1. The van der Waals surface area contributed by atoms with E-state index in [1.165, 1.54) is 0 Å². The summed E-state index contributed by atoms with van der Waals surface area (Å²) in [5.41, 5.74) is 5.27. The minimum Gasteiger partial charge on any atom is -0.480 e. The zero-order valence-electron chi connectivity index (χ0n) is 8.07. The summed E-state index contributed by atoms with van der Waals surface area (Å²) in [6.07, 6.45) is 1.96. The van der Waals surface area contributed by atoms with E-state index >= 15 is 0 Å². The van der Waals surface area contributed by atoms with Gasteiger partial charge in [0.1, 0.15) is 6.04 Å². The molecule has 0 aliphatic rings. The molecule has 0 aliphatic heterocycles. The van der Waals surface area contributed by atoms with E-state index in [4.69, 9.17) is 18.1 Å². The molecule has 0 amide bonds. The molecule has 0 unspecified atom stereocenters. The molecule has 0 aliphatic carbocycles. The molecule has 0 saturated heterocycles. The third-order valence-corrected chi connectivity index (χ3v) is 1.62. The number of carboxylic acids is 1. The summed E-state index contributed by atoms with van der Waals surface area (Å²) in [4.78, 5) is 10.7. The van der Waals surface area contributed by atoms with Crippen LogP contribution < -0.4 is 11.6 Å². The van der Waals surface area contributed by atoms with E-state index in [9.17, 15) is 4.79 Å². The van der Waals surface area contributed by atoms with Crippen LogP contribution in [0, 0.1) is 0 Å². The number of nitrogens with zero attached hydrogens (tertiary/aromatic N) is 1. The molecule has 5 N–H and O–H groups in total. The van der Waals surface area contributed by atoms with Crippen LogP contribution in [0.5, 0.6) is 0 Å². The quantitative estimate of drug-likeness (QED) is 0.285. The summed E-state index contributed by atoms with van der Waals surface area (Å²) in [5.74, 6) is 4.35. The Morgan fingerprint density at radius 1 is 1.75 bits per heavy atom. The van der Waals surface area contributed by atoms with Gasteiger partial charge in [-0.2, -0.15) is 0 Å². The van der Waals surface area contributed by atoms with Gasteiger partial charge in [0, 0.05) is 8.39 Å². The van der Waals surface area contributed by atoms with Crippen LogP contribution >= 0.6 is 0 Å². The van der Waals surface area contributed by atoms with E-state index in [-0.39, 0.29) is 7.02 Å². The number of carbonyl (C=O) groups is 1. The lowest BCUT2D eigenvalue weighted by atomic mass is 10.1. The fourth-order valence-electron chi connectivity index (χ4n) is 0.913. The summed E-state index contributed by atoms with van der Waals surface area (Å²) in [5, 5.41) is 9.75. The maximum absolute atomic E-state index is 10.7. The SMILES string of the molecule is [2H]CN(N)[C@@H](CCCCN)C(=O)O. The number of hydrogen-bond acceptors (Lipinski definition) is 4.